The van der Waals surface area contributed by atoms with Gasteiger partial charge in [-0.3, -0.25) is 4.79 Å². The van der Waals surface area contributed by atoms with Gasteiger partial charge in [-0.1, -0.05) is 29.8 Å². The topological polar surface area (TPSA) is 116 Å². The van der Waals surface area contributed by atoms with Crippen LogP contribution in [0.2, 0.25) is 5.02 Å². The number of amides is 1. The van der Waals surface area contributed by atoms with Crippen molar-refractivity contribution in [1.29, 1.82) is 5.26 Å². The Morgan fingerprint density at radius 3 is 2.76 bits per heavy atom. The van der Waals surface area contributed by atoms with Crippen LogP contribution in [-0.4, -0.2) is 22.0 Å². The number of nitrogens with zero attached hydrogens (tertiary/aromatic N) is 2. The molecule has 0 aliphatic heterocycles. The number of rotatable bonds is 4. The summed E-state index contributed by atoms with van der Waals surface area (Å²) in [6.07, 6.45) is 0. The average molecular weight is 424 g/mol. The Labute approximate surface area is 172 Å². The van der Waals surface area contributed by atoms with Gasteiger partial charge in [-0.25, -0.2) is 9.78 Å². The third-order valence-electron chi connectivity index (χ3n) is 4.12. The van der Waals surface area contributed by atoms with Gasteiger partial charge in [0.15, 0.2) is 5.58 Å². The number of anilines is 1. The lowest BCUT2D eigenvalue weighted by Crippen LogP contribution is -2.13. The summed E-state index contributed by atoms with van der Waals surface area (Å²) in [5.41, 5.74) is 1.97. The summed E-state index contributed by atoms with van der Waals surface area (Å²) in [5, 5.41) is 23.4. The number of hydrogen-bond donors (Lipinski definition) is 2. The zero-order chi connectivity index (χ0) is 20.5. The van der Waals surface area contributed by atoms with Crippen molar-refractivity contribution in [2.24, 2.45) is 0 Å². The molecule has 0 atom stereocenters. The maximum absolute atomic E-state index is 12.5. The molecular weight excluding hydrogens is 414 g/mol. The van der Waals surface area contributed by atoms with Gasteiger partial charge < -0.3 is 14.8 Å². The van der Waals surface area contributed by atoms with Crippen LogP contribution < -0.4 is 5.32 Å². The number of oxazole rings is 1. The molecule has 0 aliphatic carbocycles. The van der Waals surface area contributed by atoms with E-state index in [0.29, 0.717) is 22.2 Å². The number of carboxylic acid groups (broad SMARTS) is 1. The van der Waals surface area contributed by atoms with E-state index in [1.165, 1.54) is 12.1 Å². The van der Waals surface area contributed by atoms with Crippen molar-refractivity contribution in [2.75, 3.05) is 5.32 Å². The number of carbonyl (C=O) groups is 2. The molecule has 0 bridgehead atoms. The van der Waals surface area contributed by atoms with Gasteiger partial charge in [0.25, 0.3) is 5.89 Å². The molecule has 2 N–H and O–H groups in total. The Morgan fingerprint density at radius 2 is 2.03 bits per heavy atom. The standard InChI is InChI=1S/C20H10ClN3O4S/c21-13-6-5-10(7-11(13)8-22)12-9-29-19(16(12)20(26)27)24-17(25)18-23-14-3-1-2-4-15(14)28-18/h1-7,9H,(H,24,25)(H,26,27). The third-order valence-corrected chi connectivity index (χ3v) is 5.34. The van der Waals surface area contributed by atoms with Crippen LogP contribution >= 0.6 is 22.9 Å². The normalized spacial score (nSPS) is 10.6. The maximum Gasteiger partial charge on any atom is 0.339 e. The summed E-state index contributed by atoms with van der Waals surface area (Å²) in [6.45, 7) is 0. The van der Waals surface area contributed by atoms with E-state index < -0.39 is 11.9 Å². The van der Waals surface area contributed by atoms with E-state index in [9.17, 15) is 14.7 Å². The number of fused-ring (bicyclic) bond motifs is 1. The van der Waals surface area contributed by atoms with E-state index in [4.69, 9.17) is 21.3 Å². The first-order valence-corrected chi connectivity index (χ1v) is 9.45. The second-order valence-electron chi connectivity index (χ2n) is 5.91. The van der Waals surface area contributed by atoms with Gasteiger partial charge in [0.1, 0.15) is 22.2 Å². The second-order valence-corrected chi connectivity index (χ2v) is 7.19. The molecule has 0 fully saturated rings. The molecule has 29 heavy (non-hydrogen) atoms. The Kier molecular flexibility index (Phi) is 4.76. The summed E-state index contributed by atoms with van der Waals surface area (Å²) in [7, 11) is 0. The van der Waals surface area contributed by atoms with E-state index >= 15 is 0 Å². The summed E-state index contributed by atoms with van der Waals surface area (Å²) in [5.74, 6) is -2.05. The van der Waals surface area contributed by atoms with Crippen LogP contribution in [0.25, 0.3) is 22.2 Å². The first kappa shape index (κ1) is 18.7. The van der Waals surface area contributed by atoms with Crippen molar-refractivity contribution >= 4 is 50.9 Å². The van der Waals surface area contributed by atoms with Crippen LogP contribution in [0.4, 0.5) is 5.00 Å². The minimum atomic E-state index is -1.22. The predicted molar refractivity (Wildman–Crippen MR) is 108 cm³/mol. The van der Waals surface area contributed by atoms with Crippen molar-refractivity contribution < 1.29 is 19.1 Å². The van der Waals surface area contributed by atoms with E-state index in [1.807, 2.05) is 6.07 Å². The van der Waals surface area contributed by atoms with E-state index in [1.54, 1.807) is 35.7 Å². The Bertz CT molecular complexity index is 1290. The Balaban J connectivity index is 1.71. The van der Waals surface area contributed by atoms with E-state index in [-0.39, 0.29) is 27.0 Å². The molecule has 4 aromatic rings. The molecule has 0 aliphatic rings. The molecule has 2 aromatic heterocycles. The van der Waals surface area contributed by atoms with Gasteiger partial charge in [0.05, 0.1) is 10.6 Å². The lowest BCUT2D eigenvalue weighted by molar-refractivity contribution is 0.0699. The first-order valence-electron chi connectivity index (χ1n) is 8.19. The van der Waals surface area contributed by atoms with Crippen molar-refractivity contribution in [3.63, 3.8) is 0 Å². The number of aromatic carboxylic acids is 1. The molecule has 0 saturated heterocycles. The van der Waals surface area contributed by atoms with Gasteiger partial charge in [0.2, 0.25) is 0 Å². The maximum atomic E-state index is 12.5. The lowest BCUT2D eigenvalue weighted by Gasteiger charge is -2.05. The molecule has 1 amide bonds. The number of hydrogen-bond acceptors (Lipinski definition) is 6. The second kappa shape index (κ2) is 7.39. The zero-order valence-corrected chi connectivity index (χ0v) is 16.0. The monoisotopic (exact) mass is 423 g/mol. The van der Waals surface area contributed by atoms with Crippen molar-refractivity contribution in [3.8, 4) is 17.2 Å². The lowest BCUT2D eigenvalue weighted by atomic mass is 10.0. The van der Waals surface area contributed by atoms with Gasteiger partial charge >= 0.3 is 11.9 Å². The molecule has 0 saturated carbocycles. The van der Waals surface area contributed by atoms with Gasteiger partial charge in [-0.05, 0) is 29.8 Å². The highest BCUT2D eigenvalue weighted by atomic mass is 35.5. The summed E-state index contributed by atoms with van der Waals surface area (Å²) < 4.78 is 5.42. The Morgan fingerprint density at radius 1 is 1.24 bits per heavy atom. The SMILES string of the molecule is N#Cc1cc(-c2csc(NC(=O)c3nc4ccccc4o3)c2C(=O)O)ccc1Cl. The largest absolute Gasteiger partial charge is 0.478 e. The number of nitriles is 1. The molecule has 2 aromatic carbocycles. The van der Waals surface area contributed by atoms with Crippen LogP contribution in [0, 0.1) is 11.3 Å². The number of carboxylic acids is 1. The zero-order valence-electron chi connectivity index (χ0n) is 14.5. The van der Waals surface area contributed by atoms with Gasteiger partial charge in [0, 0.05) is 10.9 Å². The fraction of sp³-hybridized carbons (Fsp3) is 0. The predicted octanol–water partition coefficient (Wildman–Crippen LogP) is 5.03. The van der Waals surface area contributed by atoms with E-state index in [0.717, 1.165) is 11.3 Å². The van der Waals surface area contributed by atoms with Crippen LogP contribution in [0.1, 0.15) is 26.6 Å². The van der Waals surface area contributed by atoms with Crippen molar-refractivity contribution in [3.05, 3.63) is 69.9 Å². The highest BCUT2D eigenvalue weighted by Crippen LogP contribution is 2.37. The smallest absolute Gasteiger partial charge is 0.339 e. The molecule has 142 valence electrons. The van der Waals surface area contributed by atoms with Crippen LogP contribution in [-0.2, 0) is 0 Å². The quantitative estimate of drug-likeness (QED) is 0.475. The van der Waals surface area contributed by atoms with Gasteiger partial charge in [-0.2, -0.15) is 5.26 Å². The minimum Gasteiger partial charge on any atom is -0.478 e. The molecule has 4 rings (SSSR count). The molecule has 2 heterocycles. The van der Waals surface area contributed by atoms with Crippen LogP contribution in [0.5, 0.6) is 0 Å². The minimum absolute atomic E-state index is 0.0920. The molecule has 7 nitrogen and oxygen atoms in total. The number of nitrogens with one attached hydrogen (secondary N) is 1. The number of thiophene rings is 1. The van der Waals surface area contributed by atoms with Crippen molar-refractivity contribution in [2.45, 2.75) is 0 Å². The van der Waals surface area contributed by atoms with E-state index in [2.05, 4.69) is 10.3 Å². The summed E-state index contributed by atoms with van der Waals surface area (Å²) in [4.78, 5) is 28.5. The molecule has 9 heteroatoms. The van der Waals surface area contributed by atoms with Crippen molar-refractivity contribution in [1.82, 2.24) is 4.98 Å². The fourth-order valence-electron chi connectivity index (χ4n) is 2.78. The number of para-hydroxylation sites is 2. The summed E-state index contributed by atoms with van der Waals surface area (Å²) >= 11 is 7.00. The van der Waals surface area contributed by atoms with Crippen LogP contribution in [0.3, 0.4) is 0 Å². The number of benzene rings is 2. The molecular formula is C20H10ClN3O4S. The number of halogens is 1. The average Bonchev–Trinajstić information content (AvgIpc) is 3.32. The molecule has 0 radical (unpaired) electrons. The molecule has 0 spiro atoms. The Hall–Kier alpha value is -3.67. The highest BCUT2D eigenvalue weighted by molar-refractivity contribution is 7.15. The fourth-order valence-corrected chi connectivity index (χ4v) is 3.90. The number of carbonyl (C=O) groups excluding carboxylic acids is 1. The third kappa shape index (κ3) is 3.45. The first-order chi connectivity index (χ1) is 14.0. The summed E-state index contributed by atoms with van der Waals surface area (Å²) in [6, 6.07) is 13.5. The number of aromatic nitrogens is 1. The van der Waals surface area contributed by atoms with Gasteiger partial charge in [-0.15, -0.1) is 11.3 Å². The van der Waals surface area contributed by atoms with Crippen LogP contribution in [0.15, 0.2) is 52.3 Å². The molecule has 0 unspecified atom stereocenters. The highest BCUT2D eigenvalue weighted by Gasteiger charge is 2.23.